The first kappa shape index (κ1) is 17.0. The highest BCUT2D eigenvalue weighted by atomic mass is 35.5. The molecule has 0 saturated carbocycles. The van der Waals surface area contributed by atoms with Gasteiger partial charge in [-0.25, -0.2) is 0 Å². The summed E-state index contributed by atoms with van der Waals surface area (Å²) in [5, 5.41) is 2.90. The van der Waals surface area contributed by atoms with Gasteiger partial charge in [0, 0.05) is 18.6 Å². The molecule has 3 N–H and O–H groups in total. The van der Waals surface area contributed by atoms with Gasteiger partial charge in [0.2, 0.25) is 5.91 Å². The molecule has 17 heavy (non-hydrogen) atoms. The molecule has 2 rings (SSSR count). The standard InChI is InChI=1S/C11H21N3O.2ClH/c1-14-9-2-3-10(14)5-8(4-9)7-13-11(15)6-12;;/h8-10H,2-7,12H2,1H3,(H,13,15);2*1H. The molecule has 2 heterocycles. The van der Waals surface area contributed by atoms with Crippen molar-refractivity contribution in [3.05, 3.63) is 0 Å². The zero-order chi connectivity index (χ0) is 10.8. The molecule has 0 aliphatic carbocycles. The first-order chi connectivity index (χ1) is 7.20. The van der Waals surface area contributed by atoms with Gasteiger partial charge >= 0.3 is 0 Å². The lowest BCUT2D eigenvalue weighted by molar-refractivity contribution is -0.120. The second-order valence-corrected chi connectivity index (χ2v) is 4.90. The fourth-order valence-corrected chi connectivity index (χ4v) is 3.02. The number of hydrogen-bond donors (Lipinski definition) is 2. The number of amides is 1. The molecule has 4 nitrogen and oxygen atoms in total. The molecular formula is C11H23Cl2N3O. The Morgan fingerprint density at radius 2 is 1.82 bits per heavy atom. The quantitative estimate of drug-likeness (QED) is 0.805. The average molecular weight is 284 g/mol. The number of fused-ring (bicyclic) bond motifs is 2. The van der Waals surface area contributed by atoms with E-state index in [1.807, 2.05) is 0 Å². The lowest BCUT2D eigenvalue weighted by atomic mass is 9.91. The van der Waals surface area contributed by atoms with E-state index in [0.29, 0.717) is 5.92 Å². The molecule has 2 saturated heterocycles. The summed E-state index contributed by atoms with van der Waals surface area (Å²) in [5.41, 5.74) is 5.26. The van der Waals surface area contributed by atoms with Crippen LogP contribution in [-0.4, -0.2) is 43.0 Å². The minimum atomic E-state index is -0.0266. The third-order valence-corrected chi connectivity index (χ3v) is 3.97. The Hall–Kier alpha value is -0.0300. The van der Waals surface area contributed by atoms with Crippen molar-refractivity contribution in [2.45, 2.75) is 37.8 Å². The maximum atomic E-state index is 11.1. The second-order valence-electron chi connectivity index (χ2n) is 4.90. The first-order valence-corrected chi connectivity index (χ1v) is 5.89. The topological polar surface area (TPSA) is 58.4 Å². The Balaban J connectivity index is 0.00000128. The molecule has 2 unspecified atom stereocenters. The van der Waals surface area contributed by atoms with Crippen molar-refractivity contribution in [2.75, 3.05) is 20.1 Å². The van der Waals surface area contributed by atoms with E-state index in [-0.39, 0.29) is 37.3 Å². The number of nitrogens with one attached hydrogen (secondary N) is 1. The van der Waals surface area contributed by atoms with E-state index < -0.39 is 0 Å². The highest BCUT2D eigenvalue weighted by Gasteiger charge is 2.38. The second kappa shape index (κ2) is 7.41. The molecule has 2 fully saturated rings. The van der Waals surface area contributed by atoms with Crippen LogP contribution >= 0.6 is 24.8 Å². The zero-order valence-electron chi connectivity index (χ0n) is 10.2. The zero-order valence-corrected chi connectivity index (χ0v) is 11.9. The van der Waals surface area contributed by atoms with Crippen LogP contribution in [0.5, 0.6) is 0 Å². The lowest BCUT2D eigenvalue weighted by Gasteiger charge is -2.36. The maximum absolute atomic E-state index is 11.1. The van der Waals surface area contributed by atoms with Crippen LogP contribution in [0, 0.1) is 5.92 Å². The number of nitrogens with two attached hydrogens (primary N) is 1. The maximum Gasteiger partial charge on any atom is 0.233 e. The number of hydrogen-bond acceptors (Lipinski definition) is 3. The average Bonchev–Trinajstić information content (AvgIpc) is 2.50. The van der Waals surface area contributed by atoms with E-state index in [4.69, 9.17) is 5.73 Å². The molecule has 0 spiro atoms. The van der Waals surface area contributed by atoms with Gasteiger partial charge in [-0.3, -0.25) is 4.79 Å². The largest absolute Gasteiger partial charge is 0.355 e. The number of piperidine rings is 1. The molecule has 2 aliphatic rings. The van der Waals surface area contributed by atoms with Crippen LogP contribution < -0.4 is 11.1 Å². The Bertz CT molecular complexity index is 239. The van der Waals surface area contributed by atoms with Crippen molar-refractivity contribution in [3.63, 3.8) is 0 Å². The molecule has 102 valence electrons. The van der Waals surface area contributed by atoms with Crippen LogP contribution in [-0.2, 0) is 4.79 Å². The summed E-state index contributed by atoms with van der Waals surface area (Å²) in [6.07, 6.45) is 5.14. The van der Waals surface area contributed by atoms with Crippen molar-refractivity contribution in [1.82, 2.24) is 10.2 Å². The predicted molar refractivity (Wildman–Crippen MR) is 73.9 cm³/mol. The van der Waals surface area contributed by atoms with Crippen molar-refractivity contribution in [1.29, 1.82) is 0 Å². The smallest absolute Gasteiger partial charge is 0.233 e. The van der Waals surface area contributed by atoms with Crippen LogP contribution in [0.1, 0.15) is 25.7 Å². The highest BCUT2D eigenvalue weighted by Crippen LogP contribution is 2.36. The molecule has 2 bridgehead atoms. The molecule has 2 atom stereocenters. The minimum absolute atomic E-state index is 0. The fourth-order valence-electron chi connectivity index (χ4n) is 3.02. The van der Waals surface area contributed by atoms with Gasteiger partial charge < -0.3 is 16.0 Å². The molecule has 1 amide bonds. The molecule has 0 aromatic heterocycles. The van der Waals surface area contributed by atoms with Crippen LogP contribution in [0.25, 0.3) is 0 Å². The SMILES string of the molecule is CN1C2CCC1CC(CNC(=O)CN)C2.Cl.Cl. The minimum Gasteiger partial charge on any atom is -0.355 e. The van der Waals surface area contributed by atoms with Crippen LogP contribution in [0.4, 0.5) is 0 Å². The molecule has 2 aliphatic heterocycles. The van der Waals surface area contributed by atoms with E-state index in [1.54, 1.807) is 0 Å². The van der Waals surface area contributed by atoms with Gasteiger partial charge in [0.25, 0.3) is 0 Å². The van der Waals surface area contributed by atoms with Gasteiger partial charge in [-0.05, 0) is 38.6 Å². The Kier molecular flexibility index (Phi) is 7.40. The summed E-state index contributed by atoms with van der Waals surface area (Å²) in [6, 6.07) is 1.51. The Morgan fingerprint density at radius 3 is 2.29 bits per heavy atom. The van der Waals surface area contributed by atoms with Crippen LogP contribution in [0.2, 0.25) is 0 Å². The van der Waals surface area contributed by atoms with Crippen molar-refractivity contribution in [3.8, 4) is 0 Å². The monoisotopic (exact) mass is 283 g/mol. The van der Waals surface area contributed by atoms with Gasteiger partial charge in [0.15, 0.2) is 0 Å². The number of nitrogens with zero attached hydrogens (tertiary/aromatic N) is 1. The number of halogens is 2. The van der Waals surface area contributed by atoms with E-state index in [0.717, 1.165) is 18.6 Å². The third kappa shape index (κ3) is 3.98. The van der Waals surface area contributed by atoms with Crippen LogP contribution in [0.15, 0.2) is 0 Å². The summed E-state index contributed by atoms with van der Waals surface area (Å²) < 4.78 is 0. The van der Waals surface area contributed by atoms with Crippen molar-refractivity contribution < 1.29 is 4.79 Å². The molecule has 0 radical (unpaired) electrons. The highest BCUT2D eigenvalue weighted by molar-refractivity contribution is 5.85. The van der Waals surface area contributed by atoms with Gasteiger partial charge in [0.05, 0.1) is 6.54 Å². The summed E-state index contributed by atoms with van der Waals surface area (Å²) >= 11 is 0. The predicted octanol–water partition coefficient (Wildman–Crippen LogP) is 0.778. The molecule has 0 aromatic rings. The Morgan fingerprint density at radius 1 is 1.29 bits per heavy atom. The van der Waals surface area contributed by atoms with Gasteiger partial charge in [0.1, 0.15) is 0 Å². The first-order valence-electron chi connectivity index (χ1n) is 5.89. The molecule has 0 aromatic carbocycles. The third-order valence-electron chi connectivity index (χ3n) is 3.97. The summed E-state index contributed by atoms with van der Waals surface area (Å²) in [4.78, 5) is 13.6. The summed E-state index contributed by atoms with van der Waals surface area (Å²) in [6.45, 7) is 0.927. The van der Waals surface area contributed by atoms with E-state index in [2.05, 4.69) is 17.3 Å². The molecule has 6 heteroatoms. The Labute approximate surface area is 115 Å². The van der Waals surface area contributed by atoms with Crippen molar-refractivity contribution >= 4 is 30.7 Å². The lowest BCUT2D eigenvalue weighted by Crippen LogP contribution is -2.44. The van der Waals surface area contributed by atoms with Gasteiger partial charge in [-0.1, -0.05) is 0 Å². The van der Waals surface area contributed by atoms with Crippen LogP contribution in [0.3, 0.4) is 0 Å². The summed E-state index contributed by atoms with van der Waals surface area (Å²) in [7, 11) is 2.23. The van der Waals surface area contributed by atoms with Gasteiger partial charge in [-0.2, -0.15) is 0 Å². The normalized spacial score (nSPS) is 31.3. The summed E-state index contributed by atoms with van der Waals surface area (Å²) in [5.74, 6) is 0.635. The van der Waals surface area contributed by atoms with Crippen molar-refractivity contribution in [2.24, 2.45) is 11.7 Å². The number of rotatable bonds is 3. The number of carbonyl (C=O) groups excluding carboxylic acids is 1. The number of carbonyl (C=O) groups is 1. The van der Waals surface area contributed by atoms with E-state index in [1.165, 1.54) is 25.7 Å². The van der Waals surface area contributed by atoms with E-state index in [9.17, 15) is 4.79 Å². The molecular weight excluding hydrogens is 261 g/mol. The van der Waals surface area contributed by atoms with Gasteiger partial charge in [-0.15, -0.1) is 24.8 Å². The van der Waals surface area contributed by atoms with E-state index >= 15 is 0 Å². The fraction of sp³-hybridized carbons (Fsp3) is 0.909.